The smallest absolute Gasteiger partial charge is 0.279 e. The van der Waals surface area contributed by atoms with Crippen LogP contribution in [0.15, 0.2) is 54.6 Å². The highest BCUT2D eigenvalue weighted by molar-refractivity contribution is 6.03. The molecular formula is C25H28N6O. The maximum absolute atomic E-state index is 12.9. The van der Waals surface area contributed by atoms with Crippen molar-refractivity contribution in [3.05, 3.63) is 77.1 Å². The molecule has 4 rings (SSSR count). The van der Waals surface area contributed by atoms with Crippen molar-refractivity contribution in [2.75, 3.05) is 18.4 Å². The molecule has 0 fully saturated rings. The van der Waals surface area contributed by atoms with E-state index >= 15 is 0 Å². The Morgan fingerprint density at radius 2 is 1.81 bits per heavy atom. The molecule has 2 aromatic heterocycles. The van der Waals surface area contributed by atoms with Crippen molar-refractivity contribution in [1.29, 1.82) is 0 Å². The van der Waals surface area contributed by atoms with E-state index in [1.807, 2.05) is 56.3 Å². The predicted octanol–water partition coefficient (Wildman–Crippen LogP) is 4.53. The third-order valence-electron chi connectivity index (χ3n) is 5.75. The largest absolute Gasteiger partial charge is 0.305 e. The van der Waals surface area contributed by atoms with E-state index < -0.39 is 0 Å². The summed E-state index contributed by atoms with van der Waals surface area (Å²) in [6.45, 7) is 11.1. The third-order valence-corrected chi connectivity index (χ3v) is 5.75. The number of para-hydroxylation sites is 1. The van der Waals surface area contributed by atoms with Crippen LogP contribution in [-0.4, -0.2) is 43.9 Å². The highest BCUT2D eigenvalue weighted by Gasteiger charge is 2.18. The van der Waals surface area contributed by atoms with Gasteiger partial charge in [0.15, 0.2) is 5.69 Å². The first-order valence-corrected chi connectivity index (χ1v) is 10.9. The molecule has 0 spiro atoms. The van der Waals surface area contributed by atoms with Crippen molar-refractivity contribution in [3.63, 3.8) is 0 Å². The summed E-state index contributed by atoms with van der Waals surface area (Å²) < 4.78 is 1.69. The molecule has 1 N–H and O–H groups in total. The Kier molecular flexibility index (Phi) is 6.28. The number of aromatic nitrogens is 4. The molecule has 164 valence electrons. The van der Waals surface area contributed by atoms with Gasteiger partial charge in [0.05, 0.1) is 16.9 Å². The Morgan fingerprint density at radius 3 is 2.56 bits per heavy atom. The SMILES string of the molecule is CCN(CC)Cc1ccc2nc(NC(=O)c3nnn(-c4ccccc4C)c3C)ccc2c1. The zero-order valence-corrected chi connectivity index (χ0v) is 19.0. The van der Waals surface area contributed by atoms with Crippen molar-refractivity contribution in [3.8, 4) is 5.69 Å². The molecule has 32 heavy (non-hydrogen) atoms. The Hall–Kier alpha value is -3.58. The summed E-state index contributed by atoms with van der Waals surface area (Å²) in [5.74, 6) is 0.163. The average Bonchev–Trinajstić information content (AvgIpc) is 3.19. The second kappa shape index (κ2) is 9.28. The summed E-state index contributed by atoms with van der Waals surface area (Å²) in [4.78, 5) is 19.8. The van der Waals surface area contributed by atoms with Gasteiger partial charge in [0.25, 0.3) is 5.91 Å². The minimum absolute atomic E-state index is 0.282. The molecule has 7 nitrogen and oxygen atoms in total. The average molecular weight is 429 g/mol. The fourth-order valence-electron chi connectivity index (χ4n) is 3.79. The normalized spacial score (nSPS) is 11.3. The molecule has 0 saturated carbocycles. The molecule has 0 atom stereocenters. The number of rotatable bonds is 7. The Bertz CT molecular complexity index is 1260. The molecule has 2 aromatic carbocycles. The lowest BCUT2D eigenvalue weighted by molar-refractivity contribution is 0.102. The van der Waals surface area contributed by atoms with Crippen LogP contribution in [0.2, 0.25) is 0 Å². The summed E-state index contributed by atoms with van der Waals surface area (Å²) >= 11 is 0. The molecule has 0 aliphatic carbocycles. The lowest BCUT2D eigenvalue weighted by Gasteiger charge is -2.18. The second-order valence-corrected chi connectivity index (χ2v) is 7.86. The molecular weight excluding hydrogens is 400 g/mol. The molecule has 7 heteroatoms. The number of hydrogen-bond donors (Lipinski definition) is 1. The summed E-state index contributed by atoms with van der Waals surface area (Å²) in [6, 6.07) is 17.9. The summed E-state index contributed by atoms with van der Waals surface area (Å²) in [7, 11) is 0. The molecule has 0 radical (unpaired) electrons. The van der Waals surface area contributed by atoms with Crippen LogP contribution < -0.4 is 5.32 Å². The maximum Gasteiger partial charge on any atom is 0.279 e. The topological polar surface area (TPSA) is 75.9 Å². The summed E-state index contributed by atoms with van der Waals surface area (Å²) in [6.07, 6.45) is 0. The molecule has 0 aliphatic rings. The van der Waals surface area contributed by atoms with Gasteiger partial charge < -0.3 is 5.32 Å². The second-order valence-electron chi connectivity index (χ2n) is 7.86. The fourth-order valence-corrected chi connectivity index (χ4v) is 3.79. The van der Waals surface area contributed by atoms with Crippen LogP contribution in [0.3, 0.4) is 0 Å². The van der Waals surface area contributed by atoms with Crippen molar-refractivity contribution in [2.45, 2.75) is 34.2 Å². The van der Waals surface area contributed by atoms with Gasteiger partial charge in [-0.2, -0.15) is 0 Å². The first-order valence-electron chi connectivity index (χ1n) is 10.9. The first kappa shape index (κ1) is 21.6. The van der Waals surface area contributed by atoms with Crippen LogP contribution in [0, 0.1) is 13.8 Å². The van der Waals surface area contributed by atoms with Crippen LogP contribution in [-0.2, 0) is 6.54 Å². The maximum atomic E-state index is 12.9. The zero-order chi connectivity index (χ0) is 22.7. The lowest BCUT2D eigenvalue weighted by Crippen LogP contribution is -2.22. The van der Waals surface area contributed by atoms with Gasteiger partial charge in [0, 0.05) is 11.9 Å². The first-order chi connectivity index (χ1) is 15.5. The van der Waals surface area contributed by atoms with Gasteiger partial charge in [0.2, 0.25) is 0 Å². The number of benzene rings is 2. The summed E-state index contributed by atoms with van der Waals surface area (Å²) in [5.41, 5.74) is 5.02. The number of nitrogens with one attached hydrogen (secondary N) is 1. The number of anilines is 1. The van der Waals surface area contributed by atoms with Gasteiger partial charge in [-0.15, -0.1) is 5.10 Å². The van der Waals surface area contributed by atoms with Crippen LogP contribution in [0.1, 0.15) is 41.2 Å². The van der Waals surface area contributed by atoms with Crippen LogP contribution in [0.4, 0.5) is 5.82 Å². The van der Waals surface area contributed by atoms with Gasteiger partial charge in [-0.3, -0.25) is 9.69 Å². The number of nitrogens with zero attached hydrogens (tertiary/aromatic N) is 5. The number of aryl methyl sites for hydroxylation is 1. The van der Waals surface area contributed by atoms with Gasteiger partial charge >= 0.3 is 0 Å². The number of pyridine rings is 1. The highest BCUT2D eigenvalue weighted by atomic mass is 16.2. The highest BCUT2D eigenvalue weighted by Crippen LogP contribution is 2.20. The predicted molar refractivity (Wildman–Crippen MR) is 127 cm³/mol. The number of amides is 1. The minimum Gasteiger partial charge on any atom is -0.305 e. The fraction of sp³-hybridized carbons (Fsp3) is 0.280. The van der Waals surface area contributed by atoms with Gasteiger partial charge in [-0.05, 0) is 68.4 Å². The minimum atomic E-state index is -0.327. The molecule has 0 saturated heterocycles. The van der Waals surface area contributed by atoms with E-state index in [0.29, 0.717) is 11.5 Å². The molecule has 0 bridgehead atoms. The van der Waals surface area contributed by atoms with Crippen molar-refractivity contribution >= 4 is 22.6 Å². The number of hydrogen-bond acceptors (Lipinski definition) is 5. The van der Waals surface area contributed by atoms with E-state index in [2.05, 4.69) is 51.5 Å². The van der Waals surface area contributed by atoms with Gasteiger partial charge in [-0.25, -0.2) is 9.67 Å². The van der Waals surface area contributed by atoms with Crippen LogP contribution in [0.5, 0.6) is 0 Å². The zero-order valence-electron chi connectivity index (χ0n) is 19.0. The van der Waals surface area contributed by atoms with E-state index in [4.69, 9.17) is 0 Å². The quantitative estimate of drug-likeness (QED) is 0.468. The van der Waals surface area contributed by atoms with Crippen LogP contribution >= 0.6 is 0 Å². The van der Waals surface area contributed by atoms with Crippen molar-refractivity contribution in [1.82, 2.24) is 24.9 Å². The molecule has 0 unspecified atom stereocenters. The van der Waals surface area contributed by atoms with Gasteiger partial charge in [0.1, 0.15) is 5.82 Å². The third kappa shape index (κ3) is 4.38. The van der Waals surface area contributed by atoms with Crippen LogP contribution in [0.25, 0.3) is 16.6 Å². The number of fused-ring (bicyclic) bond motifs is 1. The number of carbonyl (C=O) groups excluding carboxylic acids is 1. The van der Waals surface area contributed by atoms with E-state index in [9.17, 15) is 4.79 Å². The molecule has 4 aromatic rings. The molecule has 2 heterocycles. The van der Waals surface area contributed by atoms with E-state index in [-0.39, 0.29) is 11.6 Å². The van der Waals surface area contributed by atoms with Crippen molar-refractivity contribution in [2.24, 2.45) is 0 Å². The van der Waals surface area contributed by atoms with E-state index in [0.717, 1.165) is 41.8 Å². The van der Waals surface area contributed by atoms with E-state index in [1.165, 1.54) is 5.56 Å². The molecule has 0 aliphatic heterocycles. The Morgan fingerprint density at radius 1 is 1.03 bits per heavy atom. The van der Waals surface area contributed by atoms with E-state index in [1.54, 1.807) is 4.68 Å². The monoisotopic (exact) mass is 428 g/mol. The molecule has 1 amide bonds. The Balaban J connectivity index is 1.53. The van der Waals surface area contributed by atoms with Crippen molar-refractivity contribution < 1.29 is 4.79 Å². The number of carbonyl (C=O) groups is 1. The summed E-state index contributed by atoms with van der Waals surface area (Å²) in [5, 5.41) is 12.2. The standard InChI is InChI=1S/C25H28N6O/c1-5-30(6-2)16-19-11-13-21-20(15-19)12-14-23(26-21)27-25(32)24-18(4)31(29-28-24)22-10-8-7-9-17(22)3/h7-15H,5-6,16H2,1-4H3,(H,26,27,32). The van der Waals surface area contributed by atoms with Gasteiger partial charge in [-0.1, -0.05) is 43.3 Å². The Labute approximate surface area is 188 Å². The lowest BCUT2D eigenvalue weighted by atomic mass is 10.1.